The van der Waals surface area contributed by atoms with Gasteiger partial charge in [0, 0.05) is 19.1 Å². The summed E-state index contributed by atoms with van der Waals surface area (Å²) < 4.78 is 4.50. The minimum absolute atomic E-state index is 0.0483. The van der Waals surface area contributed by atoms with Gasteiger partial charge in [-0.2, -0.15) is 0 Å². The van der Waals surface area contributed by atoms with Crippen molar-refractivity contribution >= 4 is 17.1 Å². The Labute approximate surface area is 207 Å². The first kappa shape index (κ1) is 24.3. The molecule has 192 valence electrons. The normalized spacial score (nSPS) is 28.4. The van der Waals surface area contributed by atoms with Crippen LogP contribution in [0, 0.1) is 35.0 Å². The summed E-state index contributed by atoms with van der Waals surface area (Å²) in [4.78, 5) is 44.6. The van der Waals surface area contributed by atoms with E-state index in [9.17, 15) is 14.4 Å². The van der Waals surface area contributed by atoms with Crippen LogP contribution in [-0.4, -0.2) is 30.6 Å². The van der Waals surface area contributed by atoms with E-state index in [4.69, 9.17) is 0 Å². The van der Waals surface area contributed by atoms with Gasteiger partial charge in [-0.3, -0.25) is 14.2 Å². The molecule has 1 amide bonds. The van der Waals surface area contributed by atoms with Gasteiger partial charge in [0.1, 0.15) is 6.54 Å². The van der Waals surface area contributed by atoms with Gasteiger partial charge in [0.05, 0.1) is 6.33 Å². The number of nitrogens with zero attached hydrogens (tertiary/aromatic N) is 4. The molecule has 2 heterocycles. The predicted octanol–water partition coefficient (Wildman–Crippen LogP) is 3.39. The van der Waals surface area contributed by atoms with Crippen molar-refractivity contribution in [1.82, 2.24) is 24.0 Å². The molecule has 8 heteroatoms. The lowest BCUT2D eigenvalue weighted by Gasteiger charge is -2.59. The monoisotopic (exact) mass is 483 g/mol. The minimum atomic E-state index is -0.455. The third-order valence-electron chi connectivity index (χ3n) is 8.78. The highest BCUT2D eigenvalue weighted by atomic mass is 16.2. The Morgan fingerprint density at radius 2 is 1.54 bits per heavy atom. The highest BCUT2D eigenvalue weighted by molar-refractivity contribution is 5.77. The first-order chi connectivity index (χ1) is 16.6. The zero-order chi connectivity index (χ0) is 25.1. The van der Waals surface area contributed by atoms with Crippen molar-refractivity contribution in [3.63, 3.8) is 0 Å². The van der Waals surface area contributed by atoms with E-state index in [-0.39, 0.29) is 29.8 Å². The van der Waals surface area contributed by atoms with Crippen LogP contribution in [0.5, 0.6) is 0 Å². The smallest absolute Gasteiger partial charge is 0.333 e. The molecule has 1 atom stereocenters. The molecular weight excluding hydrogens is 442 g/mol. The Morgan fingerprint density at radius 1 is 0.971 bits per heavy atom. The van der Waals surface area contributed by atoms with Gasteiger partial charge in [-0.15, -0.1) is 0 Å². The van der Waals surface area contributed by atoms with Crippen LogP contribution in [0.15, 0.2) is 15.9 Å². The molecule has 0 aromatic carbocycles. The molecule has 0 radical (unpaired) electrons. The number of aromatic nitrogens is 4. The third kappa shape index (κ3) is 4.38. The van der Waals surface area contributed by atoms with Crippen molar-refractivity contribution in [3.8, 4) is 0 Å². The summed E-state index contributed by atoms with van der Waals surface area (Å²) in [5, 5.41) is 3.22. The number of amides is 1. The van der Waals surface area contributed by atoms with E-state index >= 15 is 0 Å². The van der Waals surface area contributed by atoms with Gasteiger partial charge in [-0.1, -0.05) is 27.7 Å². The highest BCUT2D eigenvalue weighted by Gasteiger charge is 2.53. The van der Waals surface area contributed by atoms with Crippen molar-refractivity contribution in [3.05, 3.63) is 27.2 Å². The fraction of sp³-hybridized carbons (Fsp3) is 0.778. The Hall–Kier alpha value is -2.38. The van der Waals surface area contributed by atoms with Crippen LogP contribution in [-0.2, 0) is 24.4 Å². The molecular formula is C27H41N5O3. The summed E-state index contributed by atoms with van der Waals surface area (Å²) in [7, 11) is 0. The molecule has 2 aromatic rings. The summed E-state index contributed by atoms with van der Waals surface area (Å²) in [6, 6.07) is 0.0483. The zero-order valence-corrected chi connectivity index (χ0v) is 21.9. The van der Waals surface area contributed by atoms with Crippen molar-refractivity contribution in [1.29, 1.82) is 0 Å². The molecule has 0 aliphatic heterocycles. The number of carbonyl (C=O) groups is 1. The fourth-order valence-corrected chi connectivity index (χ4v) is 7.73. The molecule has 4 aliphatic rings. The summed E-state index contributed by atoms with van der Waals surface area (Å²) in [6.07, 6.45) is 9.30. The van der Waals surface area contributed by atoms with Gasteiger partial charge in [0.15, 0.2) is 11.2 Å². The third-order valence-corrected chi connectivity index (χ3v) is 8.78. The van der Waals surface area contributed by atoms with Crippen LogP contribution in [0.4, 0.5) is 0 Å². The SMILES string of the molecule is CC(C)Cn1cnc2c1c(=O)n(CC(=O)NC(C)C13CC4CC(CC(C4)C1)C3)c(=O)n2CC(C)C. The van der Waals surface area contributed by atoms with Crippen LogP contribution < -0.4 is 16.6 Å². The fourth-order valence-electron chi connectivity index (χ4n) is 7.73. The molecule has 4 fully saturated rings. The van der Waals surface area contributed by atoms with Crippen molar-refractivity contribution < 1.29 is 4.79 Å². The average Bonchev–Trinajstić information content (AvgIpc) is 3.16. The van der Waals surface area contributed by atoms with E-state index in [1.54, 1.807) is 10.9 Å². The molecule has 6 rings (SSSR count). The van der Waals surface area contributed by atoms with Gasteiger partial charge in [0.25, 0.3) is 5.56 Å². The molecule has 4 bridgehead atoms. The molecule has 4 saturated carbocycles. The number of nitrogens with one attached hydrogen (secondary N) is 1. The second-order valence-electron chi connectivity index (χ2n) is 12.7. The van der Waals surface area contributed by atoms with Gasteiger partial charge >= 0.3 is 5.69 Å². The summed E-state index contributed by atoms with van der Waals surface area (Å²) >= 11 is 0. The van der Waals surface area contributed by atoms with Gasteiger partial charge in [-0.05, 0) is 80.5 Å². The maximum absolute atomic E-state index is 13.5. The first-order valence-electron chi connectivity index (χ1n) is 13.5. The maximum Gasteiger partial charge on any atom is 0.333 e. The molecule has 1 unspecified atom stereocenters. The lowest BCUT2D eigenvalue weighted by molar-refractivity contribution is -0.126. The summed E-state index contributed by atoms with van der Waals surface area (Å²) in [6.45, 7) is 11.2. The molecule has 8 nitrogen and oxygen atoms in total. The molecule has 1 N–H and O–H groups in total. The lowest BCUT2D eigenvalue weighted by atomic mass is 9.48. The van der Waals surface area contributed by atoms with E-state index in [0.29, 0.717) is 30.2 Å². The Bertz CT molecular complexity index is 1200. The van der Waals surface area contributed by atoms with E-state index in [1.165, 1.54) is 38.5 Å². The molecule has 4 aliphatic carbocycles. The predicted molar refractivity (Wildman–Crippen MR) is 136 cm³/mol. The lowest BCUT2D eigenvalue weighted by Crippen LogP contribution is -2.56. The Morgan fingerprint density at radius 3 is 2.09 bits per heavy atom. The quantitative estimate of drug-likeness (QED) is 0.623. The first-order valence-corrected chi connectivity index (χ1v) is 13.5. The van der Waals surface area contributed by atoms with E-state index in [0.717, 1.165) is 22.3 Å². The second kappa shape index (κ2) is 8.93. The minimum Gasteiger partial charge on any atom is -0.352 e. The number of hydrogen-bond acceptors (Lipinski definition) is 4. The van der Waals surface area contributed by atoms with Gasteiger partial charge < -0.3 is 9.88 Å². The van der Waals surface area contributed by atoms with Crippen molar-refractivity contribution in [2.24, 2.45) is 35.0 Å². The molecule has 0 spiro atoms. The van der Waals surface area contributed by atoms with Crippen LogP contribution in [0.1, 0.15) is 73.1 Å². The second-order valence-corrected chi connectivity index (χ2v) is 12.7. The van der Waals surface area contributed by atoms with E-state index < -0.39 is 11.2 Å². The van der Waals surface area contributed by atoms with Crippen LogP contribution >= 0.6 is 0 Å². The number of hydrogen-bond donors (Lipinski definition) is 1. The number of carbonyl (C=O) groups excluding carboxylic acids is 1. The van der Waals surface area contributed by atoms with Crippen molar-refractivity contribution in [2.45, 2.75) is 98.8 Å². The molecule has 0 saturated heterocycles. The topological polar surface area (TPSA) is 90.9 Å². The molecule has 2 aromatic heterocycles. The number of fused-ring (bicyclic) bond motifs is 1. The number of rotatable bonds is 8. The number of imidazole rings is 1. The average molecular weight is 484 g/mol. The highest BCUT2D eigenvalue weighted by Crippen LogP contribution is 2.61. The van der Waals surface area contributed by atoms with Crippen LogP contribution in [0.25, 0.3) is 11.2 Å². The van der Waals surface area contributed by atoms with Gasteiger partial charge in [-0.25, -0.2) is 14.3 Å². The summed E-state index contributed by atoms with van der Waals surface area (Å²) in [5.74, 6) is 2.66. The Balaban J connectivity index is 1.43. The van der Waals surface area contributed by atoms with Crippen molar-refractivity contribution in [2.75, 3.05) is 0 Å². The van der Waals surface area contributed by atoms with Gasteiger partial charge in [0.2, 0.25) is 5.91 Å². The molecule has 35 heavy (non-hydrogen) atoms. The largest absolute Gasteiger partial charge is 0.352 e. The zero-order valence-electron chi connectivity index (χ0n) is 21.9. The standard InChI is InChI=1S/C27H41N5O3/c1-16(2)12-30-15-28-24-23(30)25(34)32(26(35)31(24)13-17(3)4)14-22(33)29-18(5)27-9-19-6-20(10-27)8-21(7-19)11-27/h15-21H,6-14H2,1-5H3,(H,29,33). The summed E-state index contributed by atoms with van der Waals surface area (Å²) in [5.41, 5.74) is 0.103. The van der Waals surface area contributed by atoms with E-state index in [1.807, 2.05) is 18.4 Å². The maximum atomic E-state index is 13.5. The van der Waals surface area contributed by atoms with Crippen LogP contribution in [0.2, 0.25) is 0 Å². The van der Waals surface area contributed by atoms with Crippen LogP contribution in [0.3, 0.4) is 0 Å². The van der Waals surface area contributed by atoms with E-state index in [2.05, 4.69) is 31.1 Å². The Kier molecular flexibility index (Phi) is 6.20.